The van der Waals surface area contributed by atoms with Gasteiger partial charge in [-0.15, -0.1) is 0 Å². The lowest BCUT2D eigenvalue weighted by atomic mass is 10.1. The summed E-state index contributed by atoms with van der Waals surface area (Å²) in [4.78, 5) is 14.3. The van der Waals surface area contributed by atoms with Gasteiger partial charge in [-0.05, 0) is 30.0 Å². The second-order valence-corrected chi connectivity index (χ2v) is 5.45. The monoisotopic (exact) mass is 319 g/mol. The van der Waals surface area contributed by atoms with E-state index in [4.69, 9.17) is 16.3 Å². The third-order valence-corrected chi connectivity index (χ3v) is 4.08. The lowest BCUT2D eigenvalue weighted by Gasteiger charge is -2.16. The van der Waals surface area contributed by atoms with E-state index >= 15 is 0 Å². The lowest BCUT2D eigenvalue weighted by Crippen LogP contribution is -2.09. The Bertz CT molecular complexity index is 736. The Hall–Kier alpha value is -2.34. The average molecular weight is 320 g/mol. The van der Waals surface area contributed by atoms with Gasteiger partial charge in [-0.2, -0.15) is 0 Å². The number of nitrogens with one attached hydrogen (secondary N) is 1. The van der Waals surface area contributed by atoms with E-state index in [0.29, 0.717) is 5.82 Å². The van der Waals surface area contributed by atoms with Crippen LogP contribution in [0.1, 0.15) is 23.6 Å². The summed E-state index contributed by atoms with van der Waals surface area (Å²) in [6.07, 6.45) is 3.00. The highest BCUT2D eigenvalue weighted by Crippen LogP contribution is 2.39. The smallest absolute Gasteiger partial charge is 0.289 e. The maximum Gasteiger partial charge on any atom is 0.289 e. The van der Waals surface area contributed by atoms with Gasteiger partial charge in [0.1, 0.15) is 17.8 Å². The van der Waals surface area contributed by atoms with E-state index in [1.54, 1.807) is 7.11 Å². The first-order chi connectivity index (χ1) is 10.6. The molecule has 0 radical (unpaired) electrons. The van der Waals surface area contributed by atoms with Gasteiger partial charge in [0.05, 0.1) is 23.1 Å². The highest BCUT2D eigenvalue weighted by atomic mass is 35.5. The third-order valence-electron chi connectivity index (χ3n) is 3.80. The van der Waals surface area contributed by atoms with Gasteiger partial charge in [-0.1, -0.05) is 23.7 Å². The van der Waals surface area contributed by atoms with Crippen molar-refractivity contribution in [2.45, 2.75) is 18.9 Å². The van der Waals surface area contributed by atoms with Gasteiger partial charge >= 0.3 is 0 Å². The standard InChI is InChI=1S/C15H14ClN3O3/c1-22-14-4-2-3-10-11(14)5-6-13(10)18-15-12(16)7-9(8-17-15)19(20)21/h2-4,7-8,13H,5-6H2,1H3,(H,17,18). The summed E-state index contributed by atoms with van der Waals surface area (Å²) in [7, 11) is 1.66. The predicted molar refractivity (Wildman–Crippen MR) is 83.6 cm³/mol. The van der Waals surface area contributed by atoms with E-state index in [1.165, 1.54) is 17.8 Å². The lowest BCUT2D eigenvalue weighted by molar-refractivity contribution is -0.385. The molecule has 1 aliphatic carbocycles. The number of hydrogen-bond donors (Lipinski definition) is 1. The summed E-state index contributed by atoms with van der Waals surface area (Å²) in [5.74, 6) is 1.33. The SMILES string of the molecule is COc1cccc2c1CCC2Nc1ncc([N+](=O)[O-])cc1Cl. The molecule has 1 aromatic carbocycles. The molecule has 1 heterocycles. The number of fused-ring (bicyclic) bond motifs is 1. The summed E-state index contributed by atoms with van der Waals surface area (Å²) in [5, 5.41) is 14.2. The number of benzene rings is 1. The van der Waals surface area contributed by atoms with Crippen molar-refractivity contribution >= 4 is 23.1 Å². The number of hydrogen-bond acceptors (Lipinski definition) is 5. The molecule has 0 aliphatic heterocycles. The molecule has 0 bridgehead atoms. The van der Waals surface area contributed by atoms with Crippen LogP contribution in [0.2, 0.25) is 5.02 Å². The quantitative estimate of drug-likeness (QED) is 0.686. The Kier molecular flexibility index (Phi) is 3.85. The van der Waals surface area contributed by atoms with E-state index in [-0.39, 0.29) is 16.8 Å². The topological polar surface area (TPSA) is 77.3 Å². The minimum atomic E-state index is -0.515. The fourth-order valence-corrected chi connectivity index (χ4v) is 2.98. The number of ether oxygens (including phenoxy) is 1. The number of methoxy groups -OCH3 is 1. The van der Waals surface area contributed by atoms with E-state index in [2.05, 4.69) is 10.3 Å². The first-order valence-electron chi connectivity index (χ1n) is 6.82. The molecule has 0 saturated carbocycles. The first kappa shape index (κ1) is 14.6. The normalized spacial score (nSPS) is 16.2. The van der Waals surface area contributed by atoms with Crippen molar-refractivity contribution in [3.05, 3.63) is 56.7 Å². The molecule has 1 unspecified atom stereocenters. The number of nitro groups is 1. The minimum Gasteiger partial charge on any atom is -0.496 e. The zero-order valence-electron chi connectivity index (χ0n) is 11.9. The third kappa shape index (κ3) is 2.57. The van der Waals surface area contributed by atoms with Crippen LogP contribution in [0.5, 0.6) is 5.75 Å². The number of nitrogens with zero attached hydrogens (tertiary/aromatic N) is 2. The van der Waals surface area contributed by atoms with Gasteiger partial charge in [0.25, 0.3) is 5.69 Å². The second-order valence-electron chi connectivity index (χ2n) is 5.04. The maximum atomic E-state index is 10.7. The highest BCUT2D eigenvalue weighted by molar-refractivity contribution is 6.33. The number of pyridine rings is 1. The van der Waals surface area contributed by atoms with Gasteiger partial charge in [0.15, 0.2) is 0 Å². The average Bonchev–Trinajstić information content (AvgIpc) is 2.92. The van der Waals surface area contributed by atoms with E-state index in [1.807, 2.05) is 18.2 Å². The van der Waals surface area contributed by atoms with Crippen molar-refractivity contribution in [1.29, 1.82) is 0 Å². The molecule has 7 heteroatoms. The fraction of sp³-hybridized carbons (Fsp3) is 0.267. The van der Waals surface area contributed by atoms with Crippen LogP contribution in [0.3, 0.4) is 0 Å². The Morgan fingerprint density at radius 2 is 2.32 bits per heavy atom. The molecule has 0 fully saturated rings. The fourth-order valence-electron chi connectivity index (χ4n) is 2.76. The largest absolute Gasteiger partial charge is 0.496 e. The molecule has 0 spiro atoms. The van der Waals surface area contributed by atoms with Crippen molar-refractivity contribution < 1.29 is 9.66 Å². The first-order valence-corrected chi connectivity index (χ1v) is 7.20. The molecule has 2 aromatic rings. The van der Waals surface area contributed by atoms with Gasteiger partial charge in [-0.3, -0.25) is 10.1 Å². The Labute approximate surface area is 132 Å². The van der Waals surface area contributed by atoms with Crippen LogP contribution < -0.4 is 10.1 Å². The molecule has 1 N–H and O–H groups in total. The van der Waals surface area contributed by atoms with E-state index in [0.717, 1.165) is 24.2 Å². The zero-order chi connectivity index (χ0) is 15.7. The van der Waals surface area contributed by atoms with Crippen molar-refractivity contribution in [2.75, 3.05) is 12.4 Å². The highest BCUT2D eigenvalue weighted by Gasteiger charge is 2.26. The number of aromatic nitrogens is 1. The molecule has 1 aliphatic rings. The van der Waals surface area contributed by atoms with Crippen molar-refractivity contribution in [3.63, 3.8) is 0 Å². The van der Waals surface area contributed by atoms with Gasteiger partial charge in [0.2, 0.25) is 0 Å². The molecule has 22 heavy (non-hydrogen) atoms. The molecular weight excluding hydrogens is 306 g/mol. The van der Waals surface area contributed by atoms with Crippen LogP contribution >= 0.6 is 11.6 Å². The van der Waals surface area contributed by atoms with Crippen LogP contribution in [0.25, 0.3) is 0 Å². The van der Waals surface area contributed by atoms with Crippen molar-refractivity contribution in [2.24, 2.45) is 0 Å². The summed E-state index contributed by atoms with van der Waals surface area (Å²) in [6, 6.07) is 7.30. The molecule has 0 saturated heterocycles. The Morgan fingerprint density at radius 1 is 1.50 bits per heavy atom. The summed E-state index contributed by atoms with van der Waals surface area (Å²) >= 11 is 6.08. The second kappa shape index (κ2) is 5.81. The van der Waals surface area contributed by atoms with Crippen LogP contribution in [0.15, 0.2) is 30.5 Å². The molecular formula is C15H14ClN3O3. The van der Waals surface area contributed by atoms with Crippen molar-refractivity contribution in [3.8, 4) is 5.75 Å². The summed E-state index contributed by atoms with van der Waals surface area (Å²) in [5.41, 5.74) is 2.21. The molecule has 0 amide bonds. The summed E-state index contributed by atoms with van der Waals surface area (Å²) in [6.45, 7) is 0. The van der Waals surface area contributed by atoms with Crippen molar-refractivity contribution in [1.82, 2.24) is 4.98 Å². The Morgan fingerprint density at radius 3 is 3.00 bits per heavy atom. The molecule has 3 rings (SSSR count). The number of halogens is 1. The number of anilines is 1. The number of rotatable bonds is 4. The molecule has 114 valence electrons. The van der Waals surface area contributed by atoms with Gasteiger partial charge in [0, 0.05) is 6.07 Å². The zero-order valence-corrected chi connectivity index (χ0v) is 12.6. The van der Waals surface area contributed by atoms with Crippen LogP contribution in [-0.2, 0) is 6.42 Å². The van der Waals surface area contributed by atoms with Gasteiger partial charge in [-0.25, -0.2) is 4.98 Å². The molecule has 1 aromatic heterocycles. The van der Waals surface area contributed by atoms with E-state index in [9.17, 15) is 10.1 Å². The summed E-state index contributed by atoms with van der Waals surface area (Å²) < 4.78 is 5.38. The van der Waals surface area contributed by atoms with Gasteiger partial charge < -0.3 is 10.1 Å². The minimum absolute atomic E-state index is 0.0663. The maximum absolute atomic E-state index is 10.7. The van der Waals surface area contributed by atoms with Crippen LogP contribution in [-0.4, -0.2) is 17.0 Å². The molecule has 1 atom stereocenters. The Balaban J connectivity index is 1.86. The van der Waals surface area contributed by atoms with E-state index < -0.39 is 4.92 Å². The van der Waals surface area contributed by atoms with Crippen LogP contribution in [0.4, 0.5) is 11.5 Å². The van der Waals surface area contributed by atoms with Crippen LogP contribution in [0, 0.1) is 10.1 Å². The molecule has 6 nitrogen and oxygen atoms in total. The predicted octanol–water partition coefficient (Wildman–Crippen LogP) is 3.75.